The Balaban J connectivity index is 2.09. The van der Waals surface area contributed by atoms with Crippen LogP contribution < -0.4 is 5.32 Å². The van der Waals surface area contributed by atoms with E-state index in [1.54, 1.807) is 0 Å². The van der Waals surface area contributed by atoms with Crippen molar-refractivity contribution in [3.05, 3.63) is 0 Å². The fourth-order valence-electron chi connectivity index (χ4n) is 2.03. The molecule has 1 aliphatic heterocycles. The lowest BCUT2D eigenvalue weighted by Crippen LogP contribution is -2.46. The topological polar surface area (TPSA) is 18.5 Å². The van der Waals surface area contributed by atoms with Crippen LogP contribution in [0, 0.1) is 0 Å². The van der Waals surface area contributed by atoms with Gasteiger partial charge in [-0.05, 0) is 19.5 Å². The third kappa shape index (κ3) is 5.50. The first kappa shape index (κ1) is 12.9. The lowest BCUT2D eigenvalue weighted by molar-refractivity contribution is 0.191. The van der Waals surface area contributed by atoms with E-state index < -0.39 is 0 Å². The van der Waals surface area contributed by atoms with Gasteiger partial charge in [0.15, 0.2) is 0 Å². The number of piperazine rings is 1. The fraction of sp³-hybridized carbons (Fsp3) is 1.00. The van der Waals surface area contributed by atoms with Gasteiger partial charge in [0.05, 0.1) is 0 Å². The second kappa shape index (κ2) is 8.08. The predicted molar refractivity (Wildman–Crippen MR) is 66.3 cm³/mol. The zero-order valence-corrected chi connectivity index (χ0v) is 10.5. The molecule has 1 heterocycles. The van der Waals surface area contributed by atoms with E-state index in [4.69, 9.17) is 0 Å². The second-order valence-corrected chi connectivity index (χ2v) is 4.38. The number of rotatable bonds is 7. The Bertz CT molecular complexity index is 144. The van der Waals surface area contributed by atoms with Gasteiger partial charge in [0, 0.05) is 39.3 Å². The van der Waals surface area contributed by atoms with E-state index in [9.17, 15) is 0 Å². The summed E-state index contributed by atoms with van der Waals surface area (Å²) < 4.78 is 0. The Labute approximate surface area is 94.8 Å². The van der Waals surface area contributed by atoms with Gasteiger partial charge in [0.2, 0.25) is 0 Å². The molecule has 0 unspecified atom stereocenters. The van der Waals surface area contributed by atoms with Gasteiger partial charge in [-0.25, -0.2) is 0 Å². The summed E-state index contributed by atoms with van der Waals surface area (Å²) in [7, 11) is 0. The summed E-state index contributed by atoms with van der Waals surface area (Å²) in [5, 5.41) is 3.40. The highest BCUT2D eigenvalue weighted by atomic mass is 15.2. The number of likely N-dealkylation sites (N-methyl/N-ethyl adjacent to an activating group) is 1. The molecule has 0 amide bonds. The molecule has 0 radical (unpaired) electrons. The van der Waals surface area contributed by atoms with E-state index in [2.05, 4.69) is 29.0 Å². The van der Waals surface area contributed by atoms with Crippen LogP contribution in [-0.4, -0.2) is 62.2 Å². The van der Waals surface area contributed by atoms with Crippen LogP contribution in [0.25, 0.3) is 0 Å². The van der Waals surface area contributed by atoms with Crippen LogP contribution >= 0.6 is 0 Å². The molecule has 1 N–H and O–H groups in total. The van der Waals surface area contributed by atoms with Crippen molar-refractivity contribution in [2.24, 2.45) is 0 Å². The molecular weight excluding hydrogens is 186 g/mol. The molecular formula is C12H27N3. The maximum absolute atomic E-state index is 3.40. The molecule has 0 saturated carbocycles. The molecule has 0 aliphatic carbocycles. The highest BCUT2D eigenvalue weighted by Gasteiger charge is 2.10. The number of hydrogen-bond acceptors (Lipinski definition) is 3. The van der Waals surface area contributed by atoms with Gasteiger partial charge in [-0.3, -0.25) is 4.90 Å². The molecule has 1 rings (SSSR count). The highest BCUT2D eigenvalue weighted by molar-refractivity contribution is 4.69. The quantitative estimate of drug-likeness (QED) is 0.681. The summed E-state index contributed by atoms with van der Waals surface area (Å²) in [6, 6.07) is 0. The molecule has 1 fully saturated rings. The lowest BCUT2D eigenvalue weighted by atomic mass is 10.3. The zero-order chi connectivity index (χ0) is 10.9. The first-order valence-corrected chi connectivity index (χ1v) is 6.52. The van der Waals surface area contributed by atoms with Crippen molar-refractivity contribution in [1.29, 1.82) is 0 Å². The third-order valence-corrected chi connectivity index (χ3v) is 3.22. The molecule has 90 valence electrons. The van der Waals surface area contributed by atoms with Crippen LogP contribution in [-0.2, 0) is 0 Å². The maximum atomic E-state index is 3.40. The molecule has 3 heteroatoms. The summed E-state index contributed by atoms with van der Waals surface area (Å²) in [5.41, 5.74) is 0. The molecule has 0 aromatic heterocycles. The van der Waals surface area contributed by atoms with Crippen molar-refractivity contribution in [3.63, 3.8) is 0 Å². The van der Waals surface area contributed by atoms with Crippen molar-refractivity contribution in [1.82, 2.24) is 15.1 Å². The molecule has 0 bridgehead atoms. The monoisotopic (exact) mass is 213 g/mol. The summed E-state index contributed by atoms with van der Waals surface area (Å²) in [4.78, 5) is 5.15. The maximum Gasteiger partial charge on any atom is 0.0110 e. The van der Waals surface area contributed by atoms with Crippen molar-refractivity contribution in [2.75, 3.05) is 52.4 Å². The number of nitrogens with one attached hydrogen (secondary N) is 1. The Morgan fingerprint density at radius 1 is 1.13 bits per heavy atom. The molecule has 1 saturated heterocycles. The smallest absolute Gasteiger partial charge is 0.0110 e. The normalized spacial score (nSPS) is 18.6. The Hall–Kier alpha value is -0.120. The van der Waals surface area contributed by atoms with E-state index in [0.29, 0.717) is 0 Å². The Morgan fingerprint density at radius 2 is 1.87 bits per heavy atom. The molecule has 0 spiro atoms. The van der Waals surface area contributed by atoms with Crippen LogP contribution in [0.15, 0.2) is 0 Å². The van der Waals surface area contributed by atoms with E-state index in [0.717, 1.165) is 0 Å². The summed E-state index contributed by atoms with van der Waals surface area (Å²) in [5.74, 6) is 0. The summed E-state index contributed by atoms with van der Waals surface area (Å²) >= 11 is 0. The largest absolute Gasteiger partial charge is 0.314 e. The van der Waals surface area contributed by atoms with Gasteiger partial charge in [-0.15, -0.1) is 0 Å². The third-order valence-electron chi connectivity index (χ3n) is 3.22. The Kier molecular flexibility index (Phi) is 6.98. The van der Waals surface area contributed by atoms with Crippen LogP contribution in [0.5, 0.6) is 0 Å². The van der Waals surface area contributed by atoms with Gasteiger partial charge in [-0.1, -0.05) is 20.3 Å². The minimum atomic E-state index is 1.17. The van der Waals surface area contributed by atoms with Crippen molar-refractivity contribution >= 4 is 0 Å². The van der Waals surface area contributed by atoms with Gasteiger partial charge < -0.3 is 10.2 Å². The minimum absolute atomic E-state index is 1.17. The lowest BCUT2D eigenvalue weighted by Gasteiger charge is -2.30. The van der Waals surface area contributed by atoms with Gasteiger partial charge >= 0.3 is 0 Å². The SMILES string of the molecule is CCCCN(CC)CCN1CCNCC1. The summed E-state index contributed by atoms with van der Waals surface area (Å²) in [6.07, 6.45) is 2.65. The molecule has 15 heavy (non-hydrogen) atoms. The van der Waals surface area contributed by atoms with Gasteiger partial charge in [0.1, 0.15) is 0 Å². The van der Waals surface area contributed by atoms with Crippen molar-refractivity contribution in [2.45, 2.75) is 26.7 Å². The first-order chi connectivity index (χ1) is 7.36. The number of hydrogen-bond donors (Lipinski definition) is 1. The second-order valence-electron chi connectivity index (χ2n) is 4.38. The minimum Gasteiger partial charge on any atom is -0.314 e. The van der Waals surface area contributed by atoms with Crippen molar-refractivity contribution < 1.29 is 0 Å². The Morgan fingerprint density at radius 3 is 2.47 bits per heavy atom. The van der Waals surface area contributed by atoms with E-state index in [1.165, 1.54) is 65.2 Å². The zero-order valence-electron chi connectivity index (χ0n) is 10.5. The number of unbranched alkanes of at least 4 members (excludes halogenated alkanes) is 1. The van der Waals surface area contributed by atoms with Crippen LogP contribution in [0.4, 0.5) is 0 Å². The van der Waals surface area contributed by atoms with E-state index in [1.807, 2.05) is 0 Å². The number of nitrogens with zero attached hydrogens (tertiary/aromatic N) is 2. The van der Waals surface area contributed by atoms with Crippen LogP contribution in [0.3, 0.4) is 0 Å². The van der Waals surface area contributed by atoms with Crippen LogP contribution in [0.1, 0.15) is 26.7 Å². The average Bonchev–Trinajstić information content (AvgIpc) is 2.31. The fourth-order valence-corrected chi connectivity index (χ4v) is 2.03. The average molecular weight is 213 g/mol. The van der Waals surface area contributed by atoms with Crippen molar-refractivity contribution in [3.8, 4) is 0 Å². The van der Waals surface area contributed by atoms with E-state index >= 15 is 0 Å². The molecule has 3 nitrogen and oxygen atoms in total. The summed E-state index contributed by atoms with van der Waals surface area (Å²) in [6.45, 7) is 14.3. The highest BCUT2D eigenvalue weighted by Crippen LogP contribution is 1.97. The molecule has 0 aromatic rings. The van der Waals surface area contributed by atoms with E-state index in [-0.39, 0.29) is 0 Å². The molecule has 1 aliphatic rings. The molecule has 0 aromatic carbocycles. The first-order valence-electron chi connectivity index (χ1n) is 6.52. The van der Waals surface area contributed by atoms with Gasteiger partial charge in [-0.2, -0.15) is 0 Å². The molecule has 0 atom stereocenters. The van der Waals surface area contributed by atoms with Gasteiger partial charge in [0.25, 0.3) is 0 Å². The standard InChI is InChI=1S/C12H27N3/c1-3-5-8-14(4-2)11-12-15-9-6-13-7-10-15/h13H,3-12H2,1-2H3. The predicted octanol–water partition coefficient (Wildman–Crippen LogP) is 1.01. The van der Waals surface area contributed by atoms with Crippen LogP contribution in [0.2, 0.25) is 0 Å².